The Balaban J connectivity index is 2.36. The highest BCUT2D eigenvalue weighted by Crippen LogP contribution is 2.21. The third-order valence-electron chi connectivity index (χ3n) is 2.52. The summed E-state index contributed by atoms with van der Waals surface area (Å²) < 4.78 is 5.83. The summed E-state index contributed by atoms with van der Waals surface area (Å²) in [6.45, 7) is 4.22. The molecule has 1 aliphatic rings. The van der Waals surface area contributed by atoms with Crippen LogP contribution >= 0.6 is 0 Å². The molecule has 2 nitrogen and oxygen atoms in total. The molecule has 0 aromatic rings. The number of likely N-dealkylation sites (N-methyl/N-ethyl adjacent to an activating group) is 1. The summed E-state index contributed by atoms with van der Waals surface area (Å²) in [5, 5.41) is 3.33. The van der Waals surface area contributed by atoms with E-state index in [0.717, 1.165) is 0 Å². The molecule has 12 heavy (non-hydrogen) atoms. The smallest absolute Gasteiger partial charge is 0.0731 e. The second-order valence-electron chi connectivity index (χ2n) is 3.90. The van der Waals surface area contributed by atoms with Gasteiger partial charge in [-0.05, 0) is 33.7 Å². The van der Waals surface area contributed by atoms with Crippen molar-refractivity contribution in [3.8, 4) is 0 Å². The van der Waals surface area contributed by atoms with Crippen molar-refractivity contribution in [3.63, 3.8) is 0 Å². The molecule has 0 amide bonds. The van der Waals surface area contributed by atoms with Crippen LogP contribution < -0.4 is 5.32 Å². The fourth-order valence-corrected chi connectivity index (χ4v) is 1.94. The molecular formula is C10H21NO. The van der Waals surface area contributed by atoms with E-state index >= 15 is 0 Å². The first kappa shape index (κ1) is 10.0. The van der Waals surface area contributed by atoms with Crippen molar-refractivity contribution in [3.05, 3.63) is 0 Å². The molecule has 0 aromatic heterocycles. The summed E-state index contributed by atoms with van der Waals surface area (Å²) in [6.07, 6.45) is 5.99. The molecule has 72 valence electrons. The molecule has 0 bridgehead atoms. The lowest BCUT2D eigenvalue weighted by Gasteiger charge is -2.32. The molecule has 1 fully saturated rings. The molecule has 0 saturated heterocycles. The molecule has 1 rings (SSSR count). The van der Waals surface area contributed by atoms with Gasteiger partial charge in [0.05, 0.1) is 12.2 Å². The van der Waals surface area contributed by atoms with Crippen LogP contribution in [0.15, 0.2) is 0 Å². The third-order valence-corrected chi connectivity index (χ3v) is 2.52. The van der Waals surface area contributed by atoms with E-state index in [1.54, 1.807) is 0 Å². The van der Waals surface area contributed by atoms with Gasteiger partial charge in [-0.1, -0.05) is 12.8 Å². The van der Waals surface area contributed by atoms with E-state index in [4.69, 9.17) is 4.74 Å². The average molecular weight is 171 g/mol. The Morgan fingerprint density at radius 3 is 2.50 bits per heavy atom. The third kappa shape index (κ3) is 2.76. The van der Waals surface area contributed by atoms with E-state index < -0.39 is 0 Å². The summed E-state index contributed by atoms with van der Waals surface area (Å²) in [4.78, 5) is 0. The van der Waals surface area contributed by atoms with Crippen LogP contribution in [0.5, 0.6) is 0 Å². The predicted octanol–water partition coefficient (Wildman–Crippen LogP) is 1.94. The topological polar surface area (TPSA) is 21.3 Å². The van der Waals surface area contributed by atoms with Gasteiger partial charge in [0.15, 0.2) is 0 Å². The van der Waals surface area contributed by atoms with E-state index in [-0.39, 0.29) is 0 Å². The lowest BCUT2D eigenvalue weighted by atomic mass is 9.92. The number of nitrogens with one attached hydrogen (secondary N) is 1. The van der Waals surface area contributed by atoms with Crippen LogP contribution in [0, 0.1) is 0 Å². The molecule has 1 N–H and O–H groups in total. The molecule has 1 aliphatic carbocycles. The molecule has 0 aromatic carbocycles. The highest BCUT2D eigenvalue weighted by atomic mass is 16.5. The summed E-state index contributed by atoms with van der Waals surface area (Å²) >= 11 is 0. The zero-order valence-corrected chi connectivity index (χ0v) is 8.47. The highest BCUT2D eigenvalue weighted by molar-refractivity contribution is 4.80. The second kappa shape index (κ2) is 4.83. The molecule has 2 heteroatoms. The summed E-state index contributed by atoms with van der Waals surface area (Å²) in [5.41, 5.74) is 0. The quantitative estimate of drug-likeness (QED) is 0.700. The van der Waals surface area contributed by atoms with Crippen LogP contribution in [0.3, 0.4) is 0 Å². The zero-order valence-electron chi connectivity index (χ0n) is 8.47. The van der Waals surface area contributed by atoms with Gasteiger partial charge in [0.25, 0.3) is 0 Å². The normalized spacial score (nSPS) is 31.0. The Bertz CT molecular complexity index is 125. The molecule has 0 radical (unpaired) electrons. The standard InChI is InChI=1S/C10H21NO/c1-8(2)12-10-7-5-4-6-9(10)11-3/h8-11H,4-7H2,1-3H3. The first-order valence-corrected chi connectivity index (χ1v) is 5.06. The van der Waals surface area contributed by atoms with E-state index in [1.807, 2.05) is 7.05 Å². The van der Waals surface area contributed by atoms with Crippen molar-refractivity contribution in [1.29, 1.82) is 0 Å². The van der Waals surface area contributed by atoms with Crippen molar-refractivity contribution in [2.24, 2.45) is 0 Å². The average Bonchev–Trinajstić information content (AvgIpc) is 2.04. The van der Waals surface area contributed by atoms with Crippen LogP contribution in [0.4, 0.5) is 0 Å². The van der Waals surface area contributed by atoms with Crippen LogP contribution in [-0.4, -0.2) is 25.3 Å². The summed E-state index contributed by atoms with van der Waals surface area (Å²) in [7, 11) is 2.03. The van der Waals surface area contributed by atoms with Gasteiger partial charge in [0.2, 0.25) is 0 Å². The fourth-order valence-electron chi connectivity index (χ4n) is 1.94. The van der Waals surface area contributed by atoms with Gasteiger partial charge in [0.1, 0.15) is 0 Å². The van der Waals surface area contributed by atoms with Crippen molar-refractivity contribution >= 4 is 0 Å². The fraction of sp³-hybridized carbons (Fsp3) is 1.00. The Hall–Kier alpha value is -0.0800. The van der Waals surface area contributed by atoms with Crippen molar-refractivity contribution < 1.29 is 4.74 Å². The second-order valence-corrected chi connectivity index (χ2v) is 3.90. The van der Waals surface area contributed by atoms with Gasteiger partial charge in [-0.25, -0.2) is 0 Å². The van der Waals surface area contributed by atoms with Gasteiger partial charge in [-0.3, -0.25) is 0 Å². The largest absolute Gasteiger partial charge is 0.374 e. The van der Waals surface area contributed by atoms with Crippen LogP contribution in [0.2, 0.25) is 0 Å². The maximum absolute atomic E-state index is 5.83. The number of hydrogen-bond donors (Lipinski definition) is 1. The van der Waals surface area contributed by atoms with Gasteiger partial charge in [-0.2, -0.15) is 0 Å². The Kier molecular flexibility index (Phi) is 4.02. The van der Waals surface area contributed by atoms with Crippen LogP contribution in [-0.2, 0) is 4.74 Å². The molecule has 1 saturated carbocycles. The van der Waals surface area contributed by atoms with E-state index in [0.29, 0.717) is 18.2 Å². The summed E-state index contributed by atoms with van der Waals surface area (Å²) in [5.74, 6) is 0. The minimum absolute atomic E-state index is 0.365. The molecule has 0 spiro atoms. The molecular weight excluding hydrogens is 150 g/mol. The monoisotopic (exact) mass is 171 g/mol. The van der Waals surface area contributed by atoms with E-state index in [1.165, 1.54) is 25.7 Å². The highest BCUT2D eigenvalue weighted by Gasteiger charge is 2.24. The number of ether oxygens (including phenoxy) is 1. The molecule has 2 atom stereocenters. The minimum Gasteiger partial charge on any atom is -0.374 e. The molecule has 0 heterocycles. The first-order valence-electron chi connectivity index (χ1n) is 5.06. The Morgan fingerprint density at radius 2 is 1.92 bits per heavy atom. The Labute approximate surface area is 75.7 Å². The van der Waals surface area contributed by atoms with Crippen molar-refractivity contribution in [1.82, 2.24) is 5.32 Å². The van der Waals surface area contributed by atoms with E-state index in [9.17, 15) is 0 Å². The van der Waals surface area contributed by atoms with Gasteiger partial charge >= 0.3 is 0 Å². The number of hydrogen-bond acceptors (Lipinski definition) is 2. The number of rotatable bonds is 3. The first-order chi connectivity index (χ1) is 5.74. The van der Waals surface area contributed by atoms with Crippen LogP contribution in [0.1, 0.15) is 39.5 Å². The summed E-state index contributed by atoms with van der Waals surface area (Å²) in [6, 6.07) is 0.584. The lowest BCUT2D eigenvalue weighted by molar-refractivity contribution is -0.0292. The minimum atomic E-state index is 0.365. The maximum Gasteiger partial charge on any atom is 0.0731 e. The van der Waals surface area contributed by atoms with Crippen molar-refractivity contribution in [2.45, 2.75) is 57.8 Å². The van der Waals surface area contributed by atoms with Gasteiger partial charge in [-0.15, -0.1) is 0 Å². The van der Waals surface area contributed by atoms with Gasteiger partial charge < -0.3 is 10.1 Å². The SMILES string of the molecule is CNC1CCCCC1OC(C)C. The molecule has 0 aliphatic heterocycles. The zero-order chi connectivity index (χ0) is 8.97. The van der Waals surface area contributed by atoms with Crippen LogP contribution in [0.25, 0.3) is 0 Å². The lowest BCUT2D eigenvalue weighted by Crippen LogP contribution is -2.42. The predicted molar refractivity (Wildman–Crippen MR) is 51.3 cm³/mol. The maximum atomic E-state index is 5.83. The van der Waals surface area contributed by atoms with Crippen molar-refractivity contribution in [2.75, 3.05) is 7.05 Å². The van der Waals surface area contributed by atoms with E-state index in [2.05, 4.69) is 19.2 Å². The van der Waals surface area contributed by atoms with Gasteiger partial charge in [0, 0.05) is 6.04 Å². The Morgan fingerprint density at radius 1 is 1.25 bits per heavy atom. The molecule has 2 unspecified atom stereocenters.